The number of fused-ring (bicyclic) bond motifs is 1. The monoisotopic (exact) mass is 397 g/mol. The molecule has 0 fully saturated rings. The molecule has 0 aliphatic carbocycles. The van der Waals surface area contributed by atoms with Crippen molar-refractivity contribution in [2.75, 3.05) is 10.6 Å². The summed E-state index contributed by atoms with van der Waals surface area (Å²) in [4.78, 5) is 36.6. The van der Waals surface area contributed by atoms with Crippen LogP contribution in [0.4, 0.5) is 21.5 Å². The maximum Gasteiger partial charge on any atom is 0.254 e. The summed E-state index contributed by atoms with van der Waals surface area (Å²) >= 11 is 0. The van der Waals surface area contributed by atoms with Gasteiger partial charge in [-0.05, 0) is 44.0 Å². The van der Waals surface area contributed by atoms with Crippen LogP contribution in [0.1, 0.15) is 59.8 Å². The van der Waals surface area contributed by atoms with Crippen LogP contribution in [0.3, 0.4) is 0 Å². The number of benzene rings is 1. The summed E-state index contributed by atoms with van der Waals surface area (Å²) < 4.78 is 20.1. The van der Waals surface area contributed by atoms with Crippen molar-refractivity contribution in [2.24, 2.45) is 0 Å². The molecule has 2 atom stereocenters. The van der Waals surface area contributed by atoms with E-state index in [4.69, 9.17) is 4.42 Å². The Morgan fingerprint density at radius 3 is 2.48 bits per heavy atom. The number of amides is 1. The molecule has 2 aromatic carbocycles. The molecular weight excluding hydrogens is 377 g/mol. The summed E-state index contributed by atoms with van der Waals surface area (Å²) in [6.45, 7) is 5.50. The first-order chi connectivity index (χ1) is 13.8. The van der Waals surface area contributed by atoms with Crippen molar-refractivity contribution >= 4 is 23.0 Å². The van der Waals surface area contributed by atoms with Crippen LogP contribution < -0.4 is 26.8 Å². The maximum absolute atomic E-state index is 14.5. The summed E-state index contributed by atoms with van der Waals surface area (Å²) in [7, 11) is 0. The molecular formula is C21H20FN3O4. The molecule has 0 bridgehead atoms. The van der Waals surface area contributed by atoms with E-state index in [1.54, 1.807) is 13.0 Å². The van der Waals surface area contributed by atoms with Crippen LogP contribution in [0.2, 0.25) is 0 Å². The van der Waals surface area contributed by atoms with Gasteiger partial charge in [0.05, 0.1) is 23.3 Å². The Labute approximate surface area is 165 Å². The molecule has 0 saturated heterocycles. The lowest BCUT2D eigenvalue weighted by molar-refractivity contribution is 0.0959. The Bertz CT molecular complexity index is 1190. The Morgan fingerprint density at radius 2 is 1.83 bits per heavy atom. The number of carbonyl (C=O) groups is 1. The maximum atomic E-state index is 14.5. The highest BCUT2D eigenvalue weighted by molar-refractivity contribution is 6.05. The van der Waals surface area contributed by atoms with E-state index in [0.29, 0.717) is 17.7 Å². The topological polar surface area (TPSA) is 100 Å². The van der Waals surface area contributed by atoms with Crippen molar-refractivity contribution < 1.29 is 13.6 Å². The first-order valence-electron chi connectivity index (χ1n) is 9.38. The average molecular weight is 397 g/mol. The molecule has 29 heavy (non-hydrogen) atoms. The number of halogens is 1. The normalized spacial score (nSPS) is 16.6. The van der Waals surface area contributed by atoms with Gasteiger partial charge in [-0.15, -0.1) is 0 Å². The van der Waals surface area contributed by atoms with Gasteiger partial charge in [0.15, 0.2) is 0 Å². The molecule has 1 aliphatic heterocycles. The van der Waals surface area contributed by atoms with Gasteiger partial charge in [-0.25, -0.2) is 4.39 Å². The second kappa shape index (κ2) is 6.88. The lowest BCUT2D eigenvalue weighted by Crippen LogP contribution is -2.37. The molecule has 1 aliphatic rings. The van der Waals surface area contributed by atoms with Gasteiger partial charge in [0.25, 0.3) is 16.8 Å². The molecule has 0 spiro atoms. The minimum Gasteiger partial charge on any atom is -0.464 e. The second-order valence-corrected chi connectivity index (χ2v) is 7.17. The summed E-state index contributed by atoms with van der Waals surface area (Å²) in [6, 6.07) is 5.77. The van der Waals surface area contributed by atoms with E-state index in [9.17, 15) is 18.8 Å². The standard InChI is InChI=1S/C21H20FN3O4/c1-4-13(14-8-5-9(2)29-14)24-17-18(20(27)19(17)26)25-16-12(22)7-6-11-10(3)23-21(28)15(11)16/h5-8,10,13,24-25H,4H2,1-3H3,(H,23,28)/t10-,13?/m0/s1. The highest BCUT2D eigenvalue weighted by Crippen LogP contribution is 2.35. The van der Waals surface area contributed by atoms with Crippen molar-refractivity contribution in [3.05, 3.63) is 73.2 Å². The van der Waals surface area contributed by atoms with E-state index >= 15 is 0 Å². The van der Waals surface area contributed by atoms with E-state index in [2.05, 4.69) is 16.0 Å². The summed E-state index contributed by atoms with van der Waals surface area (Å²) in [5.74, 6) is 0.246. The van der Waals surface area contributed by atoms with Gasteiger partial charge in [-0.2, -0.15) is 0 Å². The van der Waals surface area contributed by atoms with Crippen LogP contribution >= 0.6 is 0 Å². The number of carbonyl (C=O) groups excluding carboxylic acids is 1. The Hall–Kier alpha value is -3.42. The predicted octanol–water partition coefficient (Wildman–Crippen LogP) is 3.43. The van der Waals surface area contributed by atoms with Gasteiger partial charge in [0, 0.05) is 0 Å². The fraction of sp³-hybridized carbons (Fsp3) is 0.286. The quantitative estimate of drug-likeness (QED) is 0.551. The fourth-order valence-corrected chi connectivity index (χ4v) is 3.63. The van der Waals surface area contributed by atoms with Crippen molar-refractivity contribution in [1.29, 1.82) is 0 Å². The zero-order chi connectivity index (χ0) is 20.9. The highest BCUT2D eigenvalue weighted by Gasteiger charge is 2.32. The summed E-state index contributed by atoms with van der Waals surface area (Å²) in [5, 5.41) is 8.43. The minimum atomic E-state index is -0.763. The Balaban J connectivity index is 1.69. The minimum absolute atomic E-state index is 0.0550. The van der Waals surface area contributed by atoms with E-state index in [0.717, 1.165) is 5.76 Å². The van der Waals surface area contributed by atoms with Crippen molar-refractivity contribution in [3.8, 4) is 0 Å². The predicted molar refractivity (Wildman–Crippen MR) is 107 cm³/mol. The third-order valence-electron chi connectivity index (χ3n) is 5.22. The number of furan rings is 1. The Kier molecular flexibility index (Phi) is 4.49. The molecule has 1 aromatic heterocycles. The smallest absolute Gasteiger partial charge is 0.254 e. The molecule has 0 radical (unpaired) electrons. The van der Waals surface area contributed by atoms with Crippen LogP contribution in [0, 0.1) is 12.7 Å². The molecule has 3 aromatic rings. The molecule has 8 heteroatoms. The van der Waals surface area contributed by atoms with Gasteiger partial charge in [0.2, 0.25) is 0 Å². The third-order valence-corrected chi connectivity index (χ3v) is 5.22. The van der Waals surface area contributed by atoms with Gasteiger partial charge >= 0.3 is 0 Å². The number of nitrogens with one attached hydrogen (secondary N) is 3. The highest BCUT2D eigenvalue weighted by atomic mass is 19.1. The van der Waals surface area contributed by atoms with Gasteiger partial charge in [-0.1, -0.05) is 13.0 Å². The Morgan fingerprint density at radius 1 is 1.10 bits per heavy atom. The van der Waals surface area contributed by atoms with E-state index in [1.165, 1.54) is 12.1 Å². The zero-order valence-corrected chi connectivity index (χ0v) is 16.2. The molecule has 1 amide bonds. The molecule has 7 nitrogen and oxygen atoms in total. The first kappa shape index (κ1) is 18.9. The van der Waals surface area contributed by atoms with E-state index in [-0.39, 0.29) is 34.7 Å². The zero-order valence-electron chi connectivity index (χ0n) is 16.2. The number of aryl methyl sites for hydroxylation is 1. The summed E-state index contributed by atoms with van der Waals surface area (Å²) in [6.07, 6.45) is 0.597. The fourth-order valence-electron chi connectivity index (χ4n) is 3.63. The molecule has 0 saturated carbocycles. The molecule has 4 rings (SSSR count). The number of anilines is 3. The van der Waals surface area contributed by atoms with Gasteiger partial charge < -0.3 is 20.4 Å². The summed E-state index contributed by atoms with van der Waals surface area (Å²) in [5.41, 5.74) is -0.798. The van der Waals surface area contributed by atoms with Crippen LogP contribution in [0.25, 0.3) is 0 Å². The molecule has 3 N–H and O–H groups in total. The van der Waals surface area contributed by atoms with Crippen LogP contribution in [0.15, 0.2) is 38.3 Å². The lowest BCUT2D eigenvalue weighted by Gasteiger charge is -2.21. The second-order valence-electron chi connectivity index (χ2n) is 7.17. The van der Waals surface area contributed by atoms with Crippen molar-refractivity contribution in [3.63, 3.8) is 0 Å². The molecule has 150 valence electrons. The van der Waals surface area contributed by atoms with Gasteiger partial charge in [-0.3, -0.25) is 14.4 Å². The average Bonchev–Trinajstić information content (AvgIpc) is 3.25. The van der Waals surface area contributed by atoms with E-state index < -0.39 is 22.6 Å². The van der Waals surface area contributed by atoms with Crippen LogP contribution in [-0.4, -0.2) is 5.91 Å². The molecule has 1 unspecified atom stereocenters. The van der Waals surface area contributed by atoms with Crippen LogP contribution in [-0.2, 0) is 0 Å². The molecule has 2 heterocycles. The SMILES string of the molecule is CCC(Nc1c(Nc2c(F)ccc3c2C(=O)N[C@H]3C)c(=O)c1=O)c1ccc(C)o1. The van der Waals surface area contributed by atoms with Crippen molar-refractivity contribution in [2.45, 2.75) is 39.3 Å². The first-order valence-corrected chi connectivity index (χ1v) is 9.38. The largest absolute Gasteiger partial charge is 0.464 e. The number of hydrogen-bond acceptors (Lipinski definition) is 6. The van der Waals surface area contributed by atoms with Crippen LogP contribution in [0.5, 0.6) is 0 Å². The third kappa shape index (κ3) is 3.00. The number of rotatable bonds is 6. The number of hydrogen-bond donors (Lipinski definition) is 3. The lowest BCUT2D eigenvalue weighted by atomic mass is 10.0. The van der Waals surface area contributed by atoms with E-state index in [1.807, 2.05) is 19.9 Å². The van der Waals surface area contributed by atoms with Crippen molar-refractivity contribution in [1.82, 2.24) is 5.32 Å². The van der Waals surface area contributed by atoms with Gasteiger partial charge in [0.1, 0.15) is 28.7 Å².